The first-order valence-corrected chi connectivity index (χ1v) is 24.7. The molecule has 4 heterocycles. The first kappa shape index (κ1) is 54.6. The molecule has 0 saturated carbocycles. The third-order valence-electron chi connectivity index (χ3n) is 10.7. The van der Waals surface area contributed by atoms with Gasteiger partial charge in [0.25, 0.3) is 11.4 Å². The van der Waals surface area contributed by atoms with E-state index in [-0.39, 0.29) is 110 Å². The number of halogens is 4. The summed E-state index contributed by atoms with van der Waals surface area (Å²) in [6, 6.07) is 13.9. The number of amides is 4. The van der Waals surface area contributed by atoms with Gasteiger partial charge in [0.1, 0.15) is 54.7 Å². The van der Waals surface area contributed by atoms with E-state index in [9.17, 15) is 34.0 Å². The fourth-order valence-electron chi connectivity index (χ4n) is 7.40. The van der Waals surface area contributed by atoms with E-state index in [1.807, 2.05) is 6.26 Å². The number of anilines is 4. The van der Waals surface area contributed by atoms with Gasteiger partial charge in [-0.15, -0.1) is 0 Å². The lowest BCUT2D eigenvalue weighted by Gasteiger charge is -2.37. The van der Waals surface area contributed by atoms with Crippen molar-refractivity contribution in [1.29, 1.82) is 0 Å². The molecule has 0 bridgehead atoms. The molecular weight excluding hydrogens is 1060 g/mol. The summed E-state index contributed by atoms with van der Waals surface area (Å²) in [6.45, 7) is 0.0222. The van der Waals surface area contributed by atoms with Crippen molar-refractivity contribution in [3.8, 4) is 23.0 Å². The number of carbonyl (C=O) groups excluding carboxylic acids is 2. The van der Waals surface area contributed by atoms with Gasteiger partial charge in [-0.2, -0.15) is 0 Å². The molecule has 1 atom stereocenters. The Morgan fingerprint density at radius 3 is 1.40 bits per heavy atom. The molecule has 0 fully saturated rings. The number of hydrogen-bond acceptors (Lipinski definition) is 16. The number of methoxy groups -OCH3 is 4. The van der Waals surface area contributed by atoms with Crippen molar-refractivity contribution in [2.75, 3.05) is 60.6 Å². The summed E-state index contributed by atoms with van der Waals surface area (Å²) in [4.78, 5) is 72.1. The average molecular weight is 1100 g/mol. The Kier molecular flexibility index (Phi) is 17.6. The van der Waals surface area contributed by atoms with Crippen LogP contribution in [0.25, 0.3) is 0 Å². The van der Waals surface area contributed by atoms with Crippen LogP contribution < -0.4 is 38.5 Å². The highest BCUT2D eigenvalue weighted by molar-refractivity contribution is 7.98. The van der Waals surface area contributed by atoms with Crippen molar-refractivity contribution < 1.29 is 42.6 Å². The smallest absolute Gasteiger partial charge is 0.330 e. The van der Waals surface area contributed by atoms with E-state index < -0.39 is 32.7 Å². The first-order chi connectivity index (χ1) is 33.9. The highest BCUT2D eigenvalue weighted by Crippen LogP contribution is 2.50. The van der Waals surface area contributed by atoms with Gasteiger partial charge in [0.2, 0.25) is 5.16 Å². The standard InChI is InChI=1S/C22H19Cl2N5O6S.C22H19Cl2N5O5S.CH4/c1-34-15-8-16(35-2)18(24)19(17(15)23)27-11-13-9-25-21(36(3)33)26-20(13)28(22(27)30)10-12-5-4-6-14(7-12)29(31)32;1-33-15-8-16(34-2)18(24)19(17(15)23)27-11-13-9-25-21(35-3)26-20(13)28(22(27)30)10-12-5-4-6-14(7-12)29(31)32;/h4-9H,10-11H2,1-3H3;4-9H,10-11H2,1-3H3;1H4. The molecule has 72 heavy (non-hydrogen) atoms. The lowest BCUT2D eigenvalue weighted by molar-refractivity contribution is -0.385. The Labute approximate surface area is 438 Å². The number of thioether (sulfide) groups is 1. The minimum atomic E-state index is -1.51. The number of rotatable bonds is 14. The number of hydrogen-bond donors (Lipinski definition) is 0. The van der Waals surface area contributed by atoms with E-state index in [1.54, 1.807) is 24.4 Å². The quantitative estimate of drug-likeness (QED) is 0.0426. The van der Waals surface area contributed by atoms with E-state index in [0.717, 1.165) is 0 Å². The van der Waals surface area contributed by atoms with Gasteiger partial charge in [-0.25, -0.2) is 29.5 Å². The van der Waals surface area contributed by atoms with Gasteiger partial charge in [-0.05, 0) is 17.4 Å². The summed E-state index contributed by atoms with van der Waals surface area (Å²) in [7, 11) is 4.21. The first-order valence-electron chi connectivity index (χ1n) is 20.4. The zero-order chi connectivity index (χ0) is 51.4. The van der Waals surface area contributed by atoms with Crippen molar-refractivity contribution in [1.82, 2.24) is 19.9 Å². The van der Waals surface area contributed by atoms with Gasteiger partial charge < -0.3 is 18.9 Å². The van der Waals surface area contributed by atoms with E-state index >= 15 is 0 Å². The molecule has 2 aliphatic heterocycles. The molecule has 0 aliphatic carbocycles. The topological polar surface area (TPSA) is 239 Å². The van der Waals surface area contributed by atoms with Crippen molar-refractivity contribution in [3.05, 3.63) is 136 Å². The third-order valence-corrected chi connectivity index (χ3v) is 13.5. The molecule has 378 valence electrons. The van der Waals surface area contributed by atoms with Crippen LogP contribution in [0, 0.1) is 20.2 Å². The van der Waals surface area contributed by atoms with Crippen molar-refractivity contribution in [2.45, 2.75) is 43.9 Å². The Bertz CT molecular complexity index is 3090. The number of nitro benzene ring substituents is 2. The molecule has 6 aromatic rings. The highest BCUT2D eigenvalue weighted by atomic mass is 35.5. The van der Waals surface area contributed by atoms with Crippen LogP contribution in [0.5, 0.6) is 23.0 Å². The zero-order valence-electron chi connectivity index (χ0n) is 38.0. The van der Waals surface area contributed by atoms with Gasteiger partial charge in [0.15, 0.2) is 5.16 Å². The van der Waals surface area contributed by atoms with Gasteiger partial charge in [0.05, 0.1) is 86.6 Å². The van der Waals surface area contributed by atoms with E-state index in [0.29, 0.717) is 33.2 Å². The SMILES string of the molecule is C.COc1cc(OC)c(Cl)c(N2Cc3cnc(S(C)=O)nc3N(Cc3cccc([N+](=O)[O-])c3)C2=O)c1Cl.COc1cc(OC)c(Cl)c(N2Cc3cnc(SC)nc3N(Cc3cccc([N+](=O)[O-])c3)C2=O)c1Cl. The number of urea groups is 2. The Hall–Kier alpha value is -6.76. The number of carbonyl (C=O) groups is 2. The number of non-ortho nitro benzene ring substituents is 2. The summed E-state index contributed by atoms with van der Waals surface area (Å²) < 4.78 is 33.4. The van der Waals surface area contributed by atoms with Crippen LogP contribution in [0.4, 0.5) is 44.0 Å². The second kappa shape index (κ2) is 23.2. The van der Waals surface area contributed by atoms with Crippen LogP contribution in [0.15, 0.2) is 83.4 Å². The van der Waals surface area contributed by atoms with Crippen LogP contribution in [0.2, 0.25) is 20.1 Å². The molecule has 2 aliphatic rings. The predicted molar refractivity (Wildman–Crippen MR) is 276 cm³/mol. The summed E-state index contributed by atoms with van der Waals surface area (Å²) in [5.41, 5.74) is 2.32. The predicted octanol–water partition coefficient (Wildman–Crippen LogP) is 10.8. The lowest BCUT2D eigenvalue weighted by Crippen LogP contribution is -2.48. The van der Waals surface area contributed by atoms with E-state index in [1.165, 1.54) is 115 Å². The molecule has 8 rings (SSSR count). The minimum Gasteiger partial charge on any atom is -0.495 e. The summed E-state index contributed by atoms with van der Waals surface area (Å²) in [5.74, 6) is 1.67. The molecule has 0 spiro atoms. The van der Waals surface area contributed by atoms with Gasteiger partial charge in [-0.3, -0.25) is 44.0 Å². The Morgan fingerprint density at radius 1 is 0.653 bits per heavy atom. The lowest BCUT2D eigenvalue weighted by atomic mass is 10.1. The maximum Gasteiger partial charge on any atom is 0.330 e. The summed E-state index contributed by atoms with van der Waals surface area (Å²) >= 11 is 27.7. The summed E-state index contributed by atoms with van der Waals surface area (Å²) in [5, 5.41) is 23.5. The molecule has 1 unspecified atom stereocenters. The van der Waals surface area contributed by atoms with Gasteiger partial charge >= 0.3 is 12.1 Å². The molecule has 4 amide bonds. The highest BCUT2D eigenvalue weighted by Gasteiger charge is 2.39. The molecule has 0 radical (unpaired) electrons. The van der Waals surface area contributed by atoms with Gasteiger partial charge in [0, 0.05) is 66.2 Å². The number of ether oxygens (including phenoxy) is 4. The number of fused-ring (bicyclic) bond motifs is 2. The second-order valence-corrected chi connectivity index (χ2v) is 18.5. The normalized spacial score (nSPS) is 13.2. The molecule has 27 heteroatoms. The minimum absolute atomic E-state index is 0. The van der Waals surface area contributed by atoms with Crippen molar-refractivity contribution >= 4 is 115 Å². The van der Waals surface area contributed by atoms with E-state index in [4.69, 9.17) is 65.4 Å². The second-order valence-electron chi connectivity index (χ2n) is 14.9. The Morgan fingerprint density at radius 2 is 1.04 bits per heavy atom. The van der Waals surface area contributed by atoms with Crippen LogP contribution in [0.3, 0.4) is 0 Å². The summed E-state index contributed by atoms with van der Waals surface area (Å²) in [6.07, 6.45) is 6.35. The largest absolute Gasteiger partial charge is 0.495 e. The fraction of sp³-hybridized carbons (Fsp3) is 0.244. The molecule has 2 aromatic heterocycles. The number of nitrogens with zero attached hydrogens (tertiary/aromatic N) is 10. The number of nitro groups is 2. The number of aromatic nitrogens is 4. The third kappa shape index (κ3) is 11.0. The number of benzene rings is 4. The van der Waals surface area contributed by atoms with Crippen LogP contribution in [-0.4, -0.2) is 87.0 Å². The average Bonchev–Trinajstić information content (AvgIpc) is 3.36. The van der Waals surface area contributed by atoms with E-state index in [2.05, 4.69) is 19.9 Å². The maximum absolute atomic E-state index is 13.9. The van der Waals surface area contributed by atoms with Gasteiger partial charge in [-0.1, -0.05) is 89.9 Å². The monoisotopic (exact) mass is 1100 g/mol. The molecule has 0 saturated heterocycles. The molecular formula is C45H42Cl4N10O11S2. The zero-order valence-corrected chi connectivity index (χ0v) is 42.7. The van der Waals surface area contributed by atoms with Crippen molar-refractivity contribution in [2.24, 2.45) is 0 Å². The molecule has 0 N–H and O–H groups in total. The Balaban J connectivity index is 0.000000232. The molecule has 4 aromatic carbocycles. The van der Waals surface area contributed by atoms with Crippen molar-refractivity contribution in [3.63, 3.8) is 0 Å². The van der Waals surface area contributed by atoms with Crippen LogP contribution >= 0.6 is 58.2 Å². The molecule has 21 nitrogen and oxygen atoms in total. The van der Waals surface area contributed by atoms with Crippen LogP contribution in [0.1, 0.15) is 29.7 Å². The van der Waals surface area contributed by atoms with Crippen LogP contribution in [-0.2, 0) is 37.0 Å². The maximum atomic E-state index is 13.9. The fourth-order valence-corrected chi connectivity index (χ4v) is 9.56.